The molecule has 0 aliphatic carbocycles. The average molecular weight is 312 g/mol. The Kier molecular flexibility index (Phi) is 4.14. The lowest BCUT2D eigenvalue weighted by molar-refractivity contribution is 0.610. The molecule has 0 fully saturated rings. The number of rotatable bonds is 4. The van der Waals surface area contributed by atoms with E-state index in [0.29, 0.717) is 10.9 Å². The minimum Gasteiger partial charge on any atom is -0.324 e. The summed E-state index contributed by atoms with van der Waals surface area (Å²) in [6, 6.07) is 4.67. The Morgan fingerprint density at radius 2 is 2.28 bits per heavy atom. The molecule has 1 aromatic carbocycles. The highest BCUT2D eigenvalue weighted by Crippen LogP contribution is 2.26. The second kappa shape index (κ2) is 5.63. The average Bonchev–Trinajstić information content (AvgIpc) is 2.80. The highest BCUT2D eigenvalue weighted by molar-refractivity contribution is 9.10. The quantitative estimate of drug-likeness (QED) is 0.943. The van der Waals surface area contributed by atoms with Gasteiger partial charge in [-0.3, -0.25) is 4.68 Å². The maximum atomic E-state index is 13.4. The fourth-order valence-corrected chi connectivity index (χ4v) is 2.41. The zero-order valence-electron chi connectivity index (χ0n) is 10.1. The van der Waals surface area contributed by atoms with Crippen molar-refractivity contribution >= 4 is 15.9 Å². The summed E-state index contributed by atoms with van der Waals surface area (Å²) in [5, 5.41) is 4.20. The van der Waals surface area contributed by atoms with Gasteiger partial charge in [-0.15, -0.1) is 0 Å². The van der Waals surface area contributed by atoms with Gasteiger partial charge in [0.25, 0.3) is 0 Å². The zero-order chi connectivity index (χ0) is 13.1. The molecular formula is C13H15BrFN3. The molecule has 1 aromatic heterocycles. The lowest BCUT2D eigenvalue weighted by Gasteiger charge is -2.13. The molecule has 0 saturated carbocycles. The summed E-state index contributed by atoms with van der Waals surface area (Å²) < 4.78 is 15.7. The van der Waals surface area contributed by atoms with Crippen molar-refractivity contribution in [3.8, 4) is 0 Å². The zero-order valence-corrected chi connectivity index (χ0v) is 11.7. The van der Waals surface area contributed by atoms with E-state index in [1.165, 1.54) is 6.07 Å². The molecule has 1 unspecified atom stereocenters. The second-order valence-corrected chi connectivity index (χ2v) is 4.95. The lowest BCUT2D eigenvalue weighted by Crippen LogP contribution is -2.14. The molecule has 18 heavy (non-hydrogen) atoms. The smallest absolute Gasteiger partial charge is 0.137 e. The van der Waals surface area contributed by atoms with Crippen LogP contribution in [-0.2, 0) is 13.0 Å². The van der Waals surface area contributed by atoms with Gasteiger partial charge in [0.05, 0.1) is 10.7 Å². The van der Waals surface area contributed by atoms with E-state index >= 15 is 0 Å². The van der Waals surface area contributed by atoms with Gasteiger partial charge in [-0.05, 0) is 46.5 Å². The normalized spacial score (nSPS) is 12.7. The summed E-state index contributed by atoms with van der Waals surface area (Å²) in [6.07, 6.45) is 4.41. The molecule has 2 rings (SSSR count). The van der Waals surface area contributed by atoms with E-state index in [0.717, 1.165) is 17.7 Å². The molecule has 1 atom stereocenters. The summed E-state index contributed by atoms with van der Waals surface area (Å²) in [6.45, 7) is 2.86. The first kappa shape index (κ1) is 13.2. The number of nitrogens with zero attached hydrogens (tertiary/aromatic N) is 2. The van der Waals surface area contributed by atoms with E-state index in [1.54, 1.807) is 12.3 Å². The molecule has 2 N–H and O–H groups in total. The van der Waals surface area contributed by atoms with Crippen molar-refractivity contribution in [1.29, 1.82) is 0 Å². The Morgan fingerprint density at radius 3 is 2.94 bits per heavy atom. The molecule has 0 amide bonds. The van der Waals surface area contributed by atoms with Crippen molar-refractivity contribution in [2.45, 2.75) is 25.9 Å². The first-order chi connectivity index (χ1) is 8.61. The molecule has 0 aliphatic heterocycles. The molecule has 0 aliphatic rings. The number of nitrogens with two attached hydrogens (primary N) is 1. The van der Waals surface area contributed by atoms with Crippen molar-refractivity contribution in [1.82, 2.24) is 9.78 Å². The minimum atomic E-state index is -0.285. The second-order valence-electron chi connectivity index (χ2n) is 4.16. The van der Waals surface area contributed by atoms with E-state index in [-0.39, 0.29) is 11.9 Å². The van der Waals surface area contributed by atoms with Crippen LogP contribution in [0.3, 0.4) is 0 Å². The minimum absolute atomic E-state index is 0.246. The molecule has 5 heteroatoms. The van der Waals surface area contributed by atoms with Crippen molar-refractivity contribution in [2.24, 2.45) is 5.73 Å². The van der Waals surface area contributed by atoms with E-state index < -0.39 is 0 Å². The van der Waals surface area contributed by atoms with Crippen LogP contribution in [0, 0.1) is 5.82 Å². The van der Waals surface area contributed by atoms with Crippen molar-refractivity contribution in [3.63, 3.8) is 0 Å². The predicted molar refractivity (Wildman–Crippen MR) is 72.6 cm³/mol. The molecule has 0 radical (unpaired) electrons. The lowest BCUT2D eigenvalue weighted by atomic mass is 10.0. The molecule has 1 heterocycles. The van der Waals surface area contributed by atoms with Gasteiger partial charge in [0.2, 0.25) is 0 Å². The predicted octanol–water partition coefficient (Wildman–Crippen LogP) is 3.05. The Balaban J connectivity index is 2.16. The van der Waals surface area contributed by atoms with Crippen LogP contribution < -0.4 is 5.73 Å². The van der Waals surface area contributed by atoms with Crippen molar-refractivity contribution in [3.05, 3.63) is 52.0 Å². The van der Waals surface area contributed by atoms with E-state index in [4.69, 9.17) is 5.73 Å². The topological polar surface area (TPSA) is 43.8 Å². The van der Waals surface area contributed by atoms with Gasteiger partial charge in [-0.2, -0.15) is 5.10 Å². The summed E-state index contributed by atoms with van der Waals surface area (Å²) in [5.74, 6) is -0.285. The Hall–Kier alpha value is -1.20. The third-order valence-corrected chi connectivity index (χ3v) is 3.68. The molecule has 3 nitrogen and oxygen atoms in total. The molecule has 0 bridgehead atoms. The first-order valence-electron chi connectivity index (χ1n) is 5.82. The van der Waals surface area contributed by atoms with Gasteiger partial charge in [-0.1, -0.05) is 12.1 Å². The van der Waals surface area contributed by atoms with Gasteiger partial charge in [0.15, 0.2) is 0 Å². The fraction of sp³-hybridized carbons (Fsp3) is 0.308. The Morgan fingerprint density at radius 1 is 1.50 bits per heavy atom. The van der Waals surface area contributed by atoms with Crippen LogP contribution in [0.4, 0.5) is 4.39 Å². The van der Waals surface area contributed by atoms with E-state index in [9.17, 15) is 4.39 Å². The van der Waals surface area contributed by atoms with Crippen molar-refractivity contribution < 1.29 is 4.39 Å². The van der Waals surface area contributed by atoms with Crippen LogP contribution in [0.1, 0.15) is 24.1 Å². The van der Waals surface area contributed by atoms with Gasteiger partial charge in [-0.25, -0.2) is 4.39 Å². The van der Waals surface area contributed by atoms with Crippen LogP contribution in [0.5, 0.6) is 0 Å². The molecule has 0 spiro atoms. The van der Waals surface area contributed by atoms with Crippen LogP contribution >= 0.6 is 15.9 Å². The number of aromatic nitrogens is 2. The van der Waals surface area contributed by atoms with Crippen LogP contribution in [0.2, 0.25) is 0 Å². The van der Waals surface area contributed by atoms with E-state index in [1.807, 2.05) is 23.9 Å². The number of halogens is 2. The van der Waals surface area contributed by atoms with Gasteiger partial charge < -0.3 is 5.73 Å². The Bertz CT molecular complexity index is 539. The van der Waals surface area contributed by atoms with Crippen LogP contribution in [0.25, 0.3) is 0 Å². The standard InChI is InChI=1S/C13H15BrFN3/c1-2-18-8-9(7-17-18)6-12(16)10-4-3-5-11(15)13(10)14/h3-5,7-8,12H,2,6,16H2,1H3. The van der Waals surface area contributed by atoms with Gasteiger partial charge in [0.1, 0.15) is 5.82 Å². The third kappa shape index (κ3) is 2.79. The molecular weight excluding hydrogens is 297 g/mol. The molecule has 2 aromatic rings. The highest BCUT2D eigenvalue weighted by atomic mass is 79.9. The van der Waals surface area contributed by atoms with Crippen molar-refractivity contribution in [2.75, 3.05) is 0 Å². The van der Waals surface area contributed by atoms with Crippen LogP contribution in [0.15, 0.2) is 35.1 Å². The van der Waals surface area contributed by atoms with Crippen LogP contribution in [-0.4, -0.2) is 9.78 Å². The van der Waals surface area contributed by atoms with E-state index in [2.05, 4.69) is 21.0 Å². The summed E-state index contributed by atoms with van der Waals surface area (Å²) in [4.78, 5) is 0. The molecule has 96 valence electrons. The maximum Gasteiger partial charge on any atom is 0.137 e. The monoisotopic (exact) mass is 311 g/mol. The fourth-order valence-electron chi connectivity index (χ4n) is 1.86. The Labute approximate surface area is 114 Å². The largest absolute Gasteiger partial charge is 0.324 e. The molecule has 0 saturated heterocycles. The third-order valence-electron chi connectivity index (χ3n) is 2.85. The summed E-state index contributed by atoms with van der Waals surface area (Å²) >= 11 is 3.24. The number of hydrogen-bond donors (Lipinski definition) is 1. The van der Waals surface area contributed by atoms with Gasteiger partial charge >= 0.3 is 0 Å². The number of aryl methyl sites for hydroxylation is 1. The number of benzene rings is 1. The number of hydrogen-bond acceptors (Lipinski definition) is 2. The highest BCUT2D eigenvalue weighted by Gasteiger charge is 2.14. The van der Waals surface area contributed by atoms with Gasteiger partial charge in [0, 0.05) is 18.8 Å². The maximum absolute atomic E-state index is 13.4. The summed E-state index contributed by atoms with van der Waals surface area (Å²) in [5.41, 5.74) is 7.95. The summed E-state index contributed by atoms with van der Waals surface area (Å²) in [7, 11) is 0. The first-order valence-corrected chi connectivity index (χ1v) is 6.62. The SMILES string of the molecule is CCn1cc(CC(N)c2cccc(F)c2Br)cn1.